The molecule has 6 heteroatoms. The van der Waals surface area contributed by atoms with Crippen LogP contribution in [-0.2, 0) is 0 Å². The number of carbonyl (C=O) groups is 1. The monoisotopic (exact) mass is 294 g/mol. The van der Waals surface area contributed by atoms with Crippen LogP contribution in [0.4, 0.5) is 8.78 Å². The molecule has 0 saturated heterocycles. The van der Waals surface area contributed by atoms with E-state index in [0.29, 0.717) is 5.75 Å². The summed E-state index contributed by atoms with van der Waals surface area (Å²) in [7, 11) is 0. The minimum Gasteiger partial charge on any atom is -0.490 e. The number of carboxylic acids is 1. The summed E-state index contributed by atoms with van der Waals surface area (Å²) in [5.74, 6) is -2.05. The van der Waals surface area contributed by atoms with Crippen LogP contribution < -0.4 is 9.47 Å². The van der Waals surface area contributed by atoms with E-state index >= 15 is 0 Å². The van der Waals surface area contributed by atoms with Crippen LogP contribution in [0.5, 0.6) is 11.5 Å². The number of hydrogen-bond acceptors (Lipinski definition) is 3. The first-order valence-electron chi connectivity index (χ1n) is 6.09. The van der Waals surface area contributed by atoms with Crippen molar-refractivity contribution in [1.82, 2.24) is 0 Å². The Hall–Kier alpha value is -2.63. The molecule has 2 aromatic rings. The topological polar surface area (TPSA) is 55.8 Å². The second-order valence-corrected chi connectivity index (χ2v) is 4.14. The molecule has 0 bridgehead atoms. The second-order valence-electron chi connectivity index (χ2n) is 4.14. The lowest BCUT2D eigenvalue weighted by Gasteiger charge is -2.09. The Morgan fingerprint density at radius 1 is 0.952 bits per heavy atom. The largest absolute Gasteiger partial charge is 0.490 e. The fraction of sp³-hybridized carbons (Fsp3) is 0.133. The molecule has 2 aromatic carbocycles. The highest BCUT2D eigenvalue weighted by Gasteiger charge is 2.04. The molecule has 0 unspecified atom stereocenters. The molecule has 0 atom stereocenters. The van der Waals surface area contributed by atoms with Gasteiger partial charge in [0.25, 0.3) is 0 Å². The van der Waals surface area contributed by atoms with Gasteiger partial charge in [-0.25, -0.2) is 13.6 Å². The van der Waals surface area contributed by atoms with E-state index in [-0.39, 0.29) is 24.5 Å². The fourth-order valence-electron chi connectivity index (χ4n) is 1.65. The summed E-state index contributed by atoms with van der Waals surface area (Å²) in [6.07, 6.45) is 0. The maximum Gasteiger partial charge on any atom is 0.335 e. The summed E-state index contributed by atoms with van der Waals surface area (Å²) in [6.45, 7) is 0.182. The lowest BCUT2D eigenvalue weighted by molar-refractivity contribution is 0.0696. The molecular weight excluding hydrogens is 282 g/mol. The van der Waals surface area contributed by atoms with Gasteiger partial charge in [-0.1, -0.05) is 6.07 Å². The highest BCUT2D eigenvalue weighted by Crippen LogP contribution is 2.16. The van der Waals surface area contributed by atoms with Crippen molar-refractivity contribution < 1.29 is 28.2 Å². The maximum absolute atomic E-state index is 12.9. The molecule has 2 rings (SSSR count). The normalized spacial score (nSPS) is 10.2. The van der Waals surface area contributed by atoms with Crippen molar-refractivity contribution >= 4 is 5.97 Å². The van der Waals surface area contributed by atoms with Crippen LogP contribution in [0.2, 0.25) is 0 Å². The number of halogens is 2. The first-order valence-corrected chi connectivity index (χ1v) is 6.09. The van der Waals surface area contributed by atoms with Crippen molar-refractivity contribution in [3.63, 3.8) is 0 Å². The number of aromatic carboxylic acids is 1. The van der Waals surface area contributed by atoms with Gasteiger partial charge < -0.3 is 14.6 Å². The molecule has 0 radical (unpaired) electrons. The van der Waals surface area contributed by atoms with E-state index in [2.05, 4.69) is 0 Å². The van der Waals surface area contributed by atoms with Crippen LogP contribution in [-0.4, -0.2) is 24.3 Å². The molecule has 0 aromatic heterocycles. The third-order valence-corrected chi connectivity index (χ3v) is 2.54. The van der Waals surface area contributed by atoms with Crippen LogP contribution in [0.25, 0.3) is 0 Å². The Balaban J connectivity index is 1.84. The minimum atomic E-state index is -1.05. The fourth-order valence-corrected chi connectivity index (χ4v) is 1.65. The SMILES string of the molecule is O=C(O)c1cccc(OCCOc2cc(F)cc(F)c2)c1. The Kier molecular flexibility index (Phi) is 4.71. The van der Waals surface area contributed by atoms with E-state index in [1.54, 1.807) is 12.1 Å². The highest BCUT2D eigenvalue weighted by molar-refractivity contribution is 5.87. The van der Waals surface area contributed by atoms with Gasteiger partial charge in [-0.05, 0) is 18.2 Å². The van der Waals surface area contributed by atoms with E-state index in [1.165, 1.54) is 12.1 Å². The van der Waals surface area contributed by atoms with Gasteiger partial charge in [0.1, 0.15) is 36.3 Å². The third kappa shape index (κ3) is 4.45. The molecule has 0 spiro atoms. The lowest BCUT2D eigenvalue weighted by Crippen LogP contribution is -2.09. The Bertz CT molecular complexity index is 623. The van der Waals surface area contributed by atoms with Crippen molar-refractivity contribution in [2.24, 2.45) is 0 Å². The molecule has 0 aliphatic heterocycles. The molecular formula is C15H12F2O4. The van der Waals surface area contributed by atoms with E-state index in [9.17, 15) is 13.6 Å². The molecule has 0 fully saturated rings. The summed E-state index contributed by atoms with van der Waals surface area (Å²) in [5, 5.41) is 8.83. The third-order valence-electron chi connectivity index (χ3n) is 2.54. The first-order chi connectivity index (χ1) is 10.0. The zero-order valence-corrected chi connectivity index (χ0v) is 10.9. The van der Waals surface area contributed by atoms with Gasteiger partial charge in [-0.3, -0.25) is 0 Å². The van der Waals surface area contributed by atoms with E-state index in [1.807, 2.05) is 0 Å². The molecule has 0 aliphatic carbocycles. The van der Waals surface area contributed by atoms with Gasteiger partial charge in [-0.15, -0.1) is 0 Å². The van der Waals surface area contributed by atoms with Gasteiger partial charge in [0, 0.05) is 18.2 Å². The summed E-state index contributed by atoms with van der Waals surface area (Å²) >= 11 is 0. The molecule has 0 saturated carbocycles. The quantitative estimate of drug-likeness (QED) is 0.832. The minimum absolute atomic E-state index is 0.0652. The van der Waals surface area contributed by atoms with Crippen LogP contribution in [0.1, 0.15) is 10.4 Å². The van der Waals surface area contributed by atoms with Crippen LogP contribution >= 0.6 is 0 Å². The first kappa shape index (κ1) is 14.8. The molecule has 0 aliphatic rings. The Labute approximate surface area is 119 Å². The average molecular weight is 294 g/mol. The molecule has 0 heterocycles. The van der Waals surface area contributed by atoms with Crippen molar-refractivity contribution in [2.75, 3.05) is 13.2 Å². The standard InChI is InChI=1S/C15H12F2O4/c16-11-7-12(17)9-14(8-11)21-5-4-20-13-3-1-2-10(6-13)15(18)19/h1-3,6-9H,4-5H2,(H,18,19). The zero-order chi connectivity index (χ0) is 15.2. The zero-order valence-electron chi connectivity index (χ0n) is 10.9. The Morgan fingerprint density at radius 2 is 1.57 bits per heavy atom. The molecule has 1 N–H and O–H groups in total. The predicted molar refractivity (Wildman–Crippen MR) is 70.7 cm³/mol. The number of ether oxygens (including phenoxy) is 2. The number of carboxylic acid groups (broad SMARTS) is 1. The number of rotatable bonds is 6. The second kappa shape index (κ2) is 6.69. The van der Waals surface area contributed by atoms with Crippen LogP contribution in [0.15, 0.2) is 42.5 Å². The van der Waals surface area contributed by atoms with Crippen molar-refractivity contribution in [3.8, 4) is 11.5 Å². The highest BCUT2D eigenvalue weighted by atomic mass is 19.1. The van der Waals surface area contributed by atoms with E-state index in [4.69, 9.17) is 14.6 Å². The van der Waals surface area contributed by atoms with E-state index in [0.717, 1.165) is 18.2 Å². The molecule has 0 amide bonds. The number of benzene rings is 2. The van der Waals surface area contributed by atoms with Crippen molar-refractivity contribution in [2.45, 2.75) is 0 Å². The number of hydrogen-bond donors (Lipinski definition) is 1. The summed E-state index contributed by atoms with van der Waals surface area (Å²) in [5.41, 5.74) is 0.112. The van der Waals surface area contributed by atoms with Gasteiger partial charge >= 0.3 is 5.97 Å². The van der Waals surface area contributed by atoms with E-state index < -0.39 is 17.6 Å². The lowest BCUT2D eigenvalue weighted by atomic mass is 10.2. The molecule has 110 valence electrons. The van der Waals surface area contributed by atoms with Crippen LogP contribution in [0, 0.1) is 11.6 Å². The van der Waals surface area contributed by atoms with Crippen LogP contribution in [0.3, 0.4) is 0 Å². The van der Waals surface area contributed by atoms with Gasteiger partial charge in [-0.2, -0.15) is 0 Å². The predicted octanol–water partition coefficient (Wildman–Crippen LogP) is 3.12. The summed E-state index contributed by atoms with van der Waals surface area (Å²) in [6, 6.07) is 8.87. The summed E-state index contributed by atoms with van der Waals surface area (Å²) in [4.78, 5) is 10.8. The van der Waals surface area contributed by atoms with Gasteiger partial charge in [0.05, 0.1) is 5.56 Å². The summed E-state index contributed by atoms with van der Waals surface area (Å²) < 4.78 is 36.3. The van der Waals surface area contributed by atoms with Gasteiger partial charge in [0.2, 0.25) is 0 Å². The van der Waals surface area contributed by atoms with Crippen molar-refractivity contribution in [3.05, 3.63) is 59.7 Å². The molecule has 4 nitrogen and oxygen atoms in total. The van der Waals surface area contributed by atoms with Gasteiger partial charge in [0.15, 0.2) is 0 Å². The smallest absolute Gasteiger partial charge is 0.335 e. The average Bonchev–Trinajstić information content (AvgIpc) is 2.43. The Morgan fingerprint density at radius 3 is 2.19 bits per heavy atom. The maximum atomic E-state index is 12.9. The van der Waals surface area contributed by atoms with Crippen molar-refractivity contribution in [1.29, 1.82) is 0 Å². The molecule has 21 heavy (non-hydrogen) atoms.